The van der Waals surface area contributed by atoms with Gasteiger partial charge in [0, 0.05) is 15.6 Å². The normalized spacial score (nSPS) is 10.9. The summed E-state index contributed by atoms with van der Waals surface area (Å²) in [6.07, 6.45) is 0. The van der Waals surface area contributed by atoms with E-state index in [9.17, 15) is 19.2 Å². The second kappa shape index (κ2) is 6.95. The summed E-state index contributed by atoms with van der Waals surface area (Å²) in [6.45, 7) is 0. The van der Waals surface area contributed by atoms with Crippen LogP contribution in [0, 0.1) is 0 Å². The third kappa shape index (κ3) is 3.17. The zero-order valence-corrected chi connectivity index (χ0v) is 15.5. The minimum atomic E-state index is -0.822. The highest BCUT2D eigenvalue weighted by Crippen LogP contribution is 2.34. The van der Waals surface area contributed by atoms with Gasteiger partial charge in [-0.1, -0.05) is 29.8 Å². The van der Waals surface area contributed by atoms with Crippen LogP contribution in [0.25, 0.3) is 21.1 Å². The summed E-state index contributed by atoms with van der Waals surface area (Å²) in [5.74, 6) is -1.14. The summed E-state index contributed by atoms with van der Waals surface area (Å²) in [5.41, 5.74) is 3.87. The molecule has 2 aromatic heterocycles. The first-order valence-corrected chi connectivity index (χ1v) is 9.17. The van der Waals surface area contributed by atoms with Gasteiger partial charge in [0.15, 0.2) is 0 Å². The Labute approximate surface area is 165 Å². The summed E-state index contributed by atoms with van der Waals surface area (Å²) in [6, 6.07) is 11.6. The number of aromatic amines is 2. The summed E-state index contributed by atoms with van der Waals surface area (Å²) < 4.78 is 0.858. The fourth-order valence-electron chi connectivity index (χ4n) is 2.66. The largest absolute Gasteiger partial charge is 0.316 e. The van der Waals surface area contributed by atoms with Crippen molar-refractivity contribution in [1.82, 2.24) is 20.8 Å². The van der Waals surface area contributed by atoms with Crippen LogP contribution in [0.2, 0.25) is 5.02 Å². The Hall–Kier alpha value is -3.43. The quantitative estimate of drug-likeness (QED) is 0.296. The predicted molar refractivity (Wildman–Crippen MR) is 107 cm³/mol. The Kier molecular flexibility index (Phi) is 4.46. The van der Waals surface area contributed by atoms with Crippen molar-refractivity contribution in [3.63, 3.8) is 0 Å². The number of H-pyrrole nitrogens is 2. The third-order valence-corrected chi connectivity index (χ3v) is 5.69. The molecule has 2 aromatic carbocycles. The second-order valence-corrected chi connectivity index (χ2v) is 7.25. The Balaban J connectivity index is 1.53. The molecular weight excluding hydrogens is 404 g/mol. The number of hydrogen-bond donors (Lipinski definition) is 4. The maximum atomic E-state index is 12.4. The van der Waals surface area contributed by atoms with Crippen molar-refractivity contribution in [1.29, 1.82) is 0 Å². The number of nitrogens with one attached hydrogen (secondary N) is 4. The molecule has 28 heavy (non-hydrogen) atoms. The van der Waals surface area contributed by atoms with Crippen molar-refractivity contribution in [2.24, 2.45) is 0 Å². The van der Waals surface area contributed by atoms with Gasteiger partial charge in [0.25, 0.3) is 11.8 Å². The number of amides is 2. The van der Waals surface area contributed by atoms with E-state index >= 15 is 0 Å². The molecule has 0 saturated carbocycles. The zero-order valence-electron chi connectivity index (χ0n) is 14.0. The number of carbonyl (C=O) groups excluding carboxylic acids is 2. The van der Waals surface area contributed by atoms with Crippen molar-refractivity contribution in [3.05, 3.63) is 78.6 Å². The minimum absolute atomic E-state index is 0.179. The molecule has 0 saturated heterocycles. The van der Waals surface area contributed by atoms with Gasteiger partial charge in [-0.3, -0.25) is 30.0 Å². The third-order valence-electron chi connectivity index (χ3n) is 4.02. The molecule has 0 spiro atoms. The first-order valence-electron chi connectivity index (χ1n) is 7.98. The van der Waals surface area contributed by atoms with Crippen molar-refractivity contribution < 1.29 is 9.59 Å². The molecule has 0 aliphatic rings. The highest BCUT2D eigenvalue weighted by molar-refractivity contribution is 7.21. The van der Waals surface area contributed by atoms with Crippen LogP contribution in [0.1, 0.15) is 20.0 Å². The Morgan fingerprint density at radius 1 is 0.893 bits per heavy atom. The fraction of sp³-hybridized carbons (Fsp3) is 0. The first kappa shape index (κ1) is 18.0. The Morgan fingerprint density at radius 3 is 2.32 bits per heavy atom. The zero-order chi connectivity index (χ0) is 19.8. The van der Waals surface area contributed by atoms with E-state index in [1.165, 1.54) is 29.5 Å². The van der Waals surface area contributed by atoms with E-state index < -0.39 is 22.9 Å². The molecule has 4 aromatic rings. The molecule has 0 aliphatic heterocycles. The molecule has 2 heterocycles. The molecule has 140 valence electrons. The standard InChI is InChI=1S/C18H11ClN4O4S/c19-13-9-3-1-2-4-12(9)28-14(13)16(25)23-22-15(24)8-5-6-10-11(7-8)21-18(27)17(26)20-10/h1-7H,(H,20,26)(H,21,27)(H,22,24)(H,23,25). The molecule has 8 nitrogen and oxygen atoms in total. The Morgan fingerprint density at radius 2 is 1.57 bits per heavy atom. The number of thiophene rings is 1. The molecular formula is C18H11ClN4O4S. The van der Waals surface area contributed by atoms with Crippen LogP contribution >= 0.6 is 22.9 Å². The van der Waals surface area contributed by atoms with E-state index in [0.717, 1.165) is 10.1 Å². The van der Waals surface area contributed by atoms with Gasteiger partial charge in [0.1, 0.15) is 4.88 Å². The van der Waals surface area contributed by atoms with Crippen LogP contribution in [0.4, 0.5) is 0 Å². The molecule has 4 rings (SSSR count). The molecule has 0 radical (unpaired) electrons. The highest BCUT2D eigenvalue weighted by atomic mass is 35.5. The number of aromatic nitrogens is 2. The maximum absolute atomic E-state index is 12.4. The number of halogens is 1. The van der Waals surface area contributed by atoms with Gasteiger partial charge in [0.2, 0.25) is 0 Å². The first-order chi connectivity index (χ1) is 13.4. The van der Waals surface area contributed by atoms with E-state index in [1.807, 2.05) is 24.3 Å². The van der Waals surface area contributed by atoms with Crippen LogP contribution < -0.4 is 22.0 Å². The van der Waals surface area contributed by atoms with Gasteiger partial charge in [-0.05, 0) is 24.3 Å². The molecule has 10 heteroatoms. The van der Waals surface area contributed by atoms with E-state index in [-0.39, 0.29) is 16.0 Å². The van der Waals surface area contributed by atoms with Gasteiger partial charge in [0.05, 0.1) is 16.1 Å². The Bertz CT molecular complexity index is 1370. The number of fused-ring (bicyclic) bond motifs is 2. The van der Waals surface area contributed by atoms with Gasteiger partial charge in [-0.2, -0.15) is 0 Å². The van der Waals surface area contributed by atoms with Gasteiger partial charge < -0.3 is 9.97 Å². The van der Waals surface area contributed by atoms with E-state index in [0.29, 0.717) is 10.5 Å². The van der Waals surface area contributed by atoms with Crippen LogP contribution in [-0.4, -0.2) is 21.8 Å². The molecule has 0 fully saturated rings. The van der Waals surface area contributed by atoms with Gasteiger partial charge in [-0.15, -0.1) is 11.3 Å². The van der Waals surface area contributed by atoms with Crippen LogP contribution in [0.5, 0.6) is 0 Å². The lowest BCUT2D eigenvalue weighted by atomic mass is 10.2. The number of carbonyl (C=O) groups is 2. The SMILES string of the molecule is O=C(NNC(=O)c1sc2ccccc2c1Cl)c1ccc2[nH]c(=O)c(=O)[nH]c2c1. The monoisotopic (exact) mass is 414 g/mol. The summed E-state index contributed by atoms with van der Waals surface area (Å²) in [4.78, 5) is 52.5. The van der Waals surface area contributed by atoms with E-state index in [4.69, 9.17) is 11.6 Å². The molecule has 0 atom stereocenters. The van der Waals surface area contributed by atoms with Crippen molar-refractivity contribution >= 4 is 55.9 Å². The molecule has 4 N–H and O–H groups in total. The lowest BCUT2D eigenvalue weighted by Gasteiger charge is -2.07. The topological polar surface area (TPSA) is 124 Å². The highest BCUT2D eigenvalue weighted by Gasteiger charge is 2.17. The molecule has 2 amide bonds. The van der Waals surface area contributed by atoms with Gasteiger partial charge in [-0.25, -0.2) is 0 Å². The number of rotatable bonds is 2. The number of hydrogen-bond acceptors (Lipinski definition) is 5. The summed E-state index contributed by atoms with van der Waals surface area (Å²) in [5, 5.41) is 1.08. The molecule has 0 aliphatic carbocycles. The van der Waals surface area contributed by atoms with Gasteiger partial charge >= 0.3 is 11.1 Å². The number of benzene rings is 2. The average molecular weight is 415 g/mol. The summed E-state index contributed by atoms with van der Waals surface area (Å²) >= 11 is 7.47. The second-order valence-electron chi connectivity index (χ2n) is 5.82. The number of hydrazine groups is 1. The lowest BCUT2D eigenvalue weighted by molar-refractivity contribution is 0.0849. The van der Waals surface area contributed by atoms with Crippen LogP contribution in [-0.2, 0) is 0 Å². The molecule has 0 bridgehead atoms. The van der Waals surface area contributed by atoms with E-state index in [1.54, 1.807) is 0 Å². The lowest BCUT2D eigenvalue weighted by Crippen LogP contribution is -2.41. The smallest absolute Gasteiger partial charge is 0.314 e. The van der Waals surface area contributed by atoms with Crippen molar-refractivity contribution in [2.75, 3.05) is 0 Å². The van der Waals surface area contributed by atoms with Crippen molar-refractivity contribution in [2.45, 2.75) is 0 Å². The predicted octanol–water partition coefficient (Wildman–Crippen LogP) is 2.16. The van der Waals surface area contributed by atoms with E-state index in [2.05, 4.69) is 20.8 Å². The van der Waals surface area contributed by atoms with Crippen LogP contribution in [0.15, 0.2) is 52.1 Å². The van der Waals surface area contributed by atoms with Crippen molar-refractivity contribution in [3.8, 4) is 0 Å². The fourth-order valence-corrected chi connectivity index (χ4v) is 4.07. The minimum Gasteiger partial charge on any atom is -0.316 e. The van der Waals surface area contributed by atoms with Crippen LogP contribution in [0.3, 0.4) is 0 Å². The average Bonchev–Trinajstić information content (AvgIpc) is 3.03. The summed E-state index contributed by atoms with van der Waals surface area (Å²) in [7, 11) is 0. The molecule has 0 unspecified atom stereocenters. The maximum Gasteiger partial charge on any atom is 0.314 e.